The minimum absolute atomic E-state index is 0.0714. The minimum atomic E-state index is -0.399. The Bertz CT molecular complexity index is 963. The molecular formula is C19H18N4O3. The number of rotatable bonds is 5. The molecule has 1 aliphatic heterocycles. The Labute approximate surface area is 150 Å². The van der Waals surface area contributed by atoms with Gasteiger partial charge in [-0.1, -0.05) is 12.1 Å². The molecule has 132 valence electrons. The molecule has 1 aliphatic rings. The van der Waals surface area contributed by atoms with Gasteiger partial charge < -0.3 is 10.1 Å². The van der Waals surface area contributed by atoms with Crippen molar-refractivity contribution in [3.8, 4) is 11.4 Å². The first-order chi connectivity index (χ1) is 12.7. The summed E-state index contributed by atoms with van der Waals surface area (Å²) in [5.74, 6) is 1.80. The Morgan fingerprint density at radius 3 is 2.81 bits per heavy atom. The average molecular weight is 350 g/mol. The molecule has 0 amide bonds. The number of benzene rings is 2. The van der Waals surface area contributed by atoms with Crippen LogP contribution < -0.4 is 10.1 Å². The monoisotopic (exact) mass is 350 g/mol. The zero-order chi connectivity index (χ0) is 18.1. The third-order valence-electron chi connectivity index (χ3n) is 4.54. The van der Waals surface area contributed by atoms with Crippen molar-refractivity contribution in [2.24, 2.45) is 0 Å². The van der Waals surface area contributed by atoms with Gasteiger partial charge in [-0.3, -0.25) is 10.1 Å². The number of hydrogen-bond donors (Lipinski definition) is 1. The Balaban J connectivity index is 1.69. The summed E-state index contributed by atoms with van der Waals surface area (Å²) in [6.07, 6.45) is 1.63. The van der Waals surface area contributed by atoms with E-state index in [0.29, 0.717) is 6.42 Å². The lowest BCUT2D eigenvalue weighted by atomic mass is 10.1. The van der Waals surface area contributed by atoms with Crippen molar-refractivity contribution < 1.29 is 9.66 Å². The lowest BCUT2D eigenvalue weighted by Gasteiger charge is -2.06. The molecule has 0 atom stereocenters. The number of non-ortho nitro benzene ring substituents is 1. The number of aromatic nitrogens is 2. The number of anilines is 1. The van der Waals surface area contributed by atoms with Crippen LogP contribution in [0, 0.1) is 10.1 Å². The van der Waals surface area contributed by atoms with Gasteiger partial charge >= 0.3 is 0 Å². The summed E-state index contributed by atoms with van der Waals surface area (Å²) in [5.41, 5.74) is 4.22. The van der Waals surface area contributed by atoms with Gasteiger partial charge in [0.1, 0.15) is 11.6 Å². The van der Waals surface area contributed by atoms with Crippen LogP contribution in [0.15, 0.2) is 48.5 Å². The molecule has 0 spiro atoms. The van der Waals surface area contributed by atoms with Gasteiger partial charge in [0.15, 0.2) is 0 Å². The third kappa shape index (κ3) is 2.88. The van der Waals surface area contributed by atoms with Gasteiger partial charge in [0.2, 0.25) is 0 Å². The van der Waals surface area contributed by atoms with E-state index in [-0.39, 0.29) is 5.69 Å². The van der Waals surface area contributed by atoms with Crippen molar-refractivity contribution in [2.45, 2.75) is 12.8 Å². The van der Waals surface area contributed by atoms with Crippen LogP contribution in [0.25, 0.3) is 5.69 Å². The highest BCUT2D eigenvalue weighted by atomic mass is 16.6. The van der Waals surface area contributed by atoms with Gasteiger partial charge in [0.05, 0.1) is 23.4 Å². The SMILES string of the molecule is COc1cccc(Cc2nn(-c3ccc([N+](=O)[O-])cc3)c3c2CCN3)c1. The molecule has 26 heavy (non-hydrogen) atoms. The summed E-state index contributed by atoms with van der Waals surface area (Å²) in [5, 5.41) is 19.0. The maximum Gasteiger partial charge on any atom is 0.269 e. The summed E-state index contributed by atoms with van der Waals surface area (Å²) in [6, 6.07) is 14.4. The van der Waals surface area contributed by atoms with Gasteiger partial charge in [0, 0.05) is 30.7 Å². The summed E-state index contributed by atoms with van der Waals surface area (Å²) < 4.78 is 7.13. The Morgan fingerprint density at radius 2 is 2.08 bits per heavy atom. The summed E-state index contributed by atoms with van der Waals surface area (Å²) in [4.78, 5) is 10.5. The van der Waals surface area contributed by atoms with Gasteiger partial charge in [-0.25, -0.2) is 4.68 Å². The van der Waals surface area contributed by atoms with Gasteiger partial charge in [-0.2, -0.15) is 5.10 Å². The van der Waals surface area contributed by atoms with Crippen molar-refractivity contribution >= 4 is 11.5 Å². The molecule has 3 aromatic rings. The number of methoxy groups -OCH3 is 1. The van der Waals surface area contributed by atoms with Crippen molar-refractivity contribution in [3.05, 3.63) is 75.5 Å². The average Bonchev–Trinajstić information content (AvgIpc) is 3.26. The lowest BCUT2D eigenvalue weighted by Crippen LogP contribution is -2.05. The molecule has 7 heteroatoms. The molecule has 0 radical (unpaired) electrons. The predicted molar refractivity (Wildman–Crippen MR) is 98.2 cm³/mol. The molecule has 0 unspecified atom stereocenters. The van der Waals surface area contributed by atoms with Crippen LogP contribution in [0.3, 0.4) is 0 Å². The molecule has 0 fully saturated rings. The van der Waals surface area contributed by atoms with Gasteiger partial charge in [0.25, 0.3) is 5.69 Å². The second kappa shape index (κ2) is 6.51. The van der Waals surface area contributed by atoms with Crippen molar-refractivity contribution in [3.63, 3.8) is 0 Å². The molecule has 0 bridgehead atoms. The normalized spacial score (nSPS) is 12.5. The van der Waals surface area contributed by atoms with Gasteiger partial charge in [-0.05, 0) is 36.2 Å². The van der Waals surface area contributed by atoms with E-state index in [1.54, 1.807) is 19.2 Å². The first-order valence-electron chi connectivity index (χ1n) is 8.38. The van der Waals surface area contributed by atoms with Crippen LogP contribution in [-0.4, -0.2) is 28.4 Å². The molecule has 0 saturated carbocycles. The molecule has 7 nitrogen and oxygen atoms in total. The van der Waals surface area contributed by atoms with Crippen LogP contribution in [0.5, 0.6) is 5.75 Å². The number of ether oxygens (including phenoxy) is 1. The molecule has 2 aromatic carbocycles. The van der Waals surface area contributed by atoms with E-state index >= 15 is 0 Å². The second-order valence-electron chi connectivity index (χ2n) is 6.16. The summed E-state index contributed by atoms with van der Waals surface area (Å²) in [6.45, 7) is 0.866. The topological polar surface area (TPSA) is 82.2 Å². The van der Waals surface area contributed by atoms with E-state index in [9.17, 15) is 10.1 Å². The maximum atomic E-state index is 10.9. The highest BCUT2D eigenvalue weighted by Gasteiger charge is 2.23. The van der Waals surface area contributed by atoms with Crippen LogP contribution >= 0.6 is 0 Å². The van der Waals surface area contributed by atoms with Crippen molar-refractivity contribution in [1.29, 1.82) is 0 Å². The van der Waals surface area contributed by atoms with E-state index in [0.717, 1.165) is 41.5 Å². The second-order valence-corrected chi connectivity index (χ2v) is 6.16. The van der Waals surface area contributed by atoms with E-state index in [1.807, 2.05) is 22.9 Å². The molecule has 4 rings (SSSR count). The zero-order valence-electron chi connectivity index (χ0n) is 14.3. The zero-order valence-corrected chi connectivity index (χ0v) is 14.3. The predicted octanol–water partition coefficient (Wildman–Crippen LogP) is 3.35. The molecule has 2 heterocycles. The van der Waals surface area contributed by atoms with Gasteiger partial charge in [-0.15, -0.1) is 0 Å². The Hall–Kier alpha value is -3.35. The van der Waals surface area contributed by atoms with E-state index in [4.69, 9.17) is 9.84 Å². The molecular weight excluding hydrogens is 332 g/mol. The lowest BCUT2D eigenvalue weighted by molar-refractivity contribution is -0.384. The fourth-order valence-corrected chi connectivity index (χ4v) is 3.27. The fourth-order valence-electron chi connectivity index (χ4n) is 3.27. The number of hydrogen-bond acceptors (Lipinski definition) is 5. The van der Waals surface area contributed by atoms with Crippen LogP contribution in [0.1, 0.15) is 16.8 Å². The summed E-state index contributed by atoms with van der Waals surface area (Å²) in [7, 11) is 1.66. The number of nitro benzene ring substituents is 1. The van der Waals surface area contributed by atoms with E-state index in [2.05, 4.69) is 11.4 Å². The van der Waals surface area contributed by atoms with E-state index in [1.165, 1.54) is 17.7 Å². The van der Waals surface area contributed by atoms with Crippen molar-refractivity contribution in [1.82, 2.24) is 9.78 Å². The van der Waals surface area contributed by atoms with Crippen LogP contribution in [0.4, 0.5) is 11.5 Å². The first-order valence-corrected chi connectivity index (χ1v) is 8.38. The molecule has 0 saturated heterocycles. The third-order valence-corrected chi connectivity index (χ3v) is 4.54. The molecule has 0 aliphatic carbocycles. The number of nitrogens with one attached hydrogen (secondary N) is 1. The number of fused-ring (bicyclic) bond motifs is 1. The number of nitrogens with zero attached hydrogens (tertiary/aromatic N) is 3. The smallest absolute Gasteiger partial charge is 0.269 e. The molecule has 1 N–H and O–H groups in total. The first kappa shape index (κ1) is 16.1. The quantitative estimate of drug-likeness (QED) is 0.564. The standard InChI is InChI=1S/C19H18N4O3/c1-26-16-4-2-3-13(11-16)12-18-17-9-10-20-19(17)22(21-18)14-5-7-15(8-6-14)23(24)25/h2-8,11,20H,9-10,12H2,1H3. The van der Waals surface area contributed by atoms with Crippen LogP contribution in [0.2, 0.25) is 0 Å². The summed E-state index contributed by atoms with van der Waals surface area (Å²) >= 11 is 0. The highest BCUT2D eigenvalue weighted by molar-refractivity contribution is 5.58. The largest absolute Gasteiger partial charge is 0.497 e. The minimum Gasteiger partial charge on any atom is -0.497 e. The molecule has 1 aromatic heterocycles. The maximum absolute atomic E-state index is 10.9. The number of nitro groups is 1. The van der Waals surface area contributed by atoms with Crippen LogP contribution in [-0.2, 0) is 12.8 Å². The highest BCUT2D eigenvalue weighted by Crippen LogP contribution is 2.31. The van der Waals surface area contributed by atoms with E-state index < -0.39 is 4.92 Å². The van der Waals surface area contributed by atoms with Crippen molar-refractivity contribution in [2.75, 3.05) is 19.0 Å². The fraction of sp³-hybridized carbons (Fsp3) is 0.211. The Morgan fingerprint density at radius 1 is 1.27 bits per heavy atom. The Kier molecular flexibility index (Phi) is 4.04.